The number of esters is 1. The van der Waals surface area contributed by atoms with Crippen molar-refractivity contribution in [3.63, 3.8) is 0 Å². The van der Waals surface area contributed by atoms with Crippen LogP contribution in [-0.4, -0.2) is 37.8 Å². The Morgan fingerprint density at radius 2 is 1.33 bits per heavy atom. The second-order valence-electron chi connectivity index (χ2n) is 7.89. The lowest BCUT2D eigenvalue weighted by Gasteiger charge is -2.18. The molecule has 0 N–H and O–H groups in total. The van der Waals surface area contributed by atoms with E-state index in [1.165, 1.54) is 22.3 Å². The van der Waals surface area contributed by atoms with Crippen molar-refractivity contribution < 1.29 is 14.3 Å². The fourth-order valence-corrected chi connectivity index (χ4v) is 3.67. The van der Waals surface area contributed by atoms with Crippen LogP contribution < -0.4 is 4.74 Å². The maximum Gasteiger partial charge on any atom is 0.306 e. The standard InChI is InChI=1S/C29H33NO3/c1-4-27(23-12-8-6-9-13-23)29(24-14-10-7-11-15-24)25-16-18-26(19-17-25)32-21-20-30(3)22-33-28(31)5-2/h6-19H,4-5,20-22H2,1-3H3/b29-27-. The summed E-state index contributed by atoms with van der Waals surface area (Å²) in [5, 5.41) is 0. The number of carbonyl (C=O) groups is 1. The average Bonchev–Trinajstić information content (AvgIpc) is 2.87. The summed E-state index contributed by atoms with van der Waals surface area (Å²) in [6.45, 7) is 5.46. The predicted octanol–water partition coefficient (Wildman–Crippen LogP) is 6.28. The van der Waals surface area contributed by atoms with Crippen molar-refractivity contribution in [1.29, 1.82) is 0 Å². The van der Waals surface area contributed by atoms with E-state index < -0.39 is 0 Å². The molecule has 0 aliphatic carbocycles. The molecule has 0 unspecified atom stereocenters. The van der Waals surface area contributed by atoms with Crippen LogP contribution in [0.2, 0.25) is 0 Å². The molecule has 0 saturated carbocycles. The van der Waals surface area contributed by atoms with Gasteiger partial charge in [0.15, 0.2) is 0 Å². The van der Waals surface area contributed by atoms with Gasteiger partial charge in [0, 0.05) is 13.0 Å². The molecule has 4 nitrogen and oxygen atoms in total. The molecular weight excluding hydrogens is 410 g/mol. The smallest absolute Gasteiger partial charge is 0.306 e. The summed E-state index contributed by atoms with van der Waals surface area (Å²) in [5.74, 6) is 0.630. The molecule has 3 aromatic rings. The highest BCUT2D eigenvalue weighted by atomic mass is 16.5. The van der Waals surface area contributed by atoms with E-state index in [2.05, 4.69) is 73.7 Å². The molecule has 0 aromatic heterocycles. The Morgan fingerprint density at radius 3 is 1.91 bits per heavy atom. The van der Waals surface area contributed by atoms with Gasteiger partial charge in [0.2, 0.25) is 0 Å². The molecule has 0 fully saturated rings. The van der Waals surface area contributed by atoms with E-state index in [4.69, 9.17) is 9.47 Å². The third-order valence-corrected chi connectivity index (χ3v) is 5.46. The van der Waals surface area contributed by atoms with Crippen LogP contribution >= 0.6 is 0 Å². The molecule has 33 heavy (non-hydrogen) atoms. The first-order chi connectivity index (χ1) is 16.1. The first-order valence-corrected chi connectivity index (χ1v) is 11.5. The Balaban J connectivity index is 1.76. The molecule has 0 heterocycles. The quantitative estimate of drug-likeness (QED) is 0.199. The highest BCUT2D eigenvalue weighted by Crippen LogP contribution is 2.34. The Hall–Kier alpha value is -3.37. The fourth-order valence-electron chi connectivity index (χ4n) is 3.67. The molecule has 0 amide bonds. The average molecular weight is 444 g/mol. The maximum absolute atomic E-state index is 11.3. The summed E-state index contributed by atoms with van der Waals surface area (Å²) >= 11 is 0. The van der Waals surface area contributed by atoms with E-state index >= 15 is 0 Å². The van der Waals surface area contributed by atoms with Gasteiger partial charge in [-0.25, -0.2) is 0 Å². The van der Waals surface area contributed by atoms with Crippen molar-refractivity contribution in [3.05, 3.63) is 102 Å². The number of allylic oxidation sites excluding steroid dienone is 1. The zero-order chi connectivity index (χ0) is 23.5. The van der Waals surface area contributed by atoms with Crippen molar-refractivity contribution in [2.24, 2.45) is 0 Å². The Bertz CT molecular complexity index is 1030. The van der Waals surface area contributed by atoms with E-state index in [1.54, 1.807) is 6.92 Å². The molecule has 0 spiro atoms. The molecule has 0 aliphatic rings. The number of carbonyl (C=O) groups excluding carboxylic acids is 1. The zero-order valence-electron chi connectivity index (χ0n) is 19.8. The maximum atomic E-state index is 11.3. The van der Waals surface area contributed by atoms with Gasteiger partial charge < -0.3 is 9.47 Å². The third kappa shape index (κ3) is 7.06. The molecule has 3 aromatic carbocycles. The van der Waals surface area contributed by atoms with Gasteiger partial charge in [0.05, 0.1) is 0 Å². The van der Waals surface area contributed by atoms with Gasteiger partial charge in [-0.3, -0.25) is 9.69 Å². The van der Waals surface area contributed by atoms with Crippen LogP contribution in [0.25, 0.3) is 11.1 Å². The number of ether oxygens (including phenoxy) is 2. The van der Waals surface area contributed by atoms with Crippen LogP contribution in [0.1, 0.15) is 43.4 Å². The summed E-state index contributed by atoms with van der Waals surface area (Å²) in [7, 11) is 1.90. The van der Waals surface area contributed by atoms with Gasteiger partial charge in [-0.2, -0.15) is 0 Å². The Labute approximate surface area is 197 Å². The summed E-state index contributed by atoms with van der Waals surface area (Å²) in [5.41, 5.74) is 6.17. The van der Waals surface area contributed by atoms with Crippen molar-refractivity contribution in [2.45, 2.75) is 26.7 Å². The van der Waals surface area contributed by atoms with Gasteiger partial charge in [-0.05, 0) is 53.4 Å². The molecule has 0 radical (unpaired) electrons. The number of hydrogen-bond acceptors (Lipinski definition) is 4. The van der Waals surface area contributed by atoms with E-state index in [0.29, 0.717) is 19.6 Å². The van der Waals surface area contributed by atoms with Crippen LogP contribution in [0.4, 0.5) is 0 Å². The summed E-state index contributed by atoms with van der Waals surface area (Å²) < 4.78 is 11.1. The van der Waals surface area contributed by atoms with Gasteiger partial charge in [0.1, 0.15) is 19.1 Å². The number of hydrogen-bond donors (Lipinski definition) is 0. The zero-order valence-corrected chi connectivity index (χ0v) is 19.8. The topological polar surface area (TPSA) is 38.8 Å². The lowest BCUT2D eigenvalue weighted by Crippen LogP contribution is -2.28. The van der Waals surface area contributed by atoms with Gasteiger partial charge >= 0.3 is 5.97 Å². The monoisotopic (exact) mass is 443 g/mol. The van der Waals surface area contributed by atoms with Crippen molar-refractivity contribution in [1.82, 2.24) is 4.90 Å². The van der Waals surface area contributed by atoms with E-state index in [9.17, 15) is 4.79 Å². The molecule has 0 bridgehead atoms. The summed E-state index contributed by atoms with van der Waals surface area (Å²) in [6, 6.07) is 29.4. The molecular formula is C29H33NO3. The van der Waals surface area contributed by atoms with Crippen molar-refractivity contribution in [2.75, 3.05) is 26.9 Å². The number of likely N-dealkylation sites (N-methyl/N-ethyl adjacent to an activating group) is 1. The normalized spacial score (nSPS) is 11.8. The second-order valence-corrected chi connectivity index (χ2v) is 7.89. The first-order valence-electron chi connectivity index (χ1n) is 11.5. The molecule has 3 rings (SSSR count). The van der Waals surface area contributed by atoms with Gasteiger partial charge in [-0.1, -0.05) is 86.6 Å². The Kier molecular flexibility index (Phi) is 9.28. The van der Waals surface area contributed by atoms with E-state index in [-0.39, 0.29) is 12.7 Å². The minimum Gasteiger partial charge on any atom is -0.492 e. The Morgan fingerprint density at radius 1 is 0.758 bits per heavy atom. The number of rotatable bonds is 11. The first kappa shape index (κ1) is 24.3. The van der Waals surface area contributed by atoms with Crippen LogP contribution in [0.3, 0.4) is 0 Å². The summed E-state index contributed by atoms with van der Waals surface area (Å²) in [6.07, 6.45) is 1.32. The minimum absolute atomic E-state index is 0.192. The highest BCUT2D eigenvalue weighted by molar-refractivity contribution is 5.98. The van der Waals surface area contributed by atoms with Crippen LogP contribution in [0, 0.1) is 0 Å². The SMILES string of the molecule is CCC(=O)OCN(C)CCOc1ccc(/C(=C(/CC)c2ccccc2)c2ccccc2)cc1. The summed E-state index contributed by atoms with van der Waals surface area (Å²) in [4.78, 5) is 13.2. The molecule has 0 saturated heterocycles. The molecule has 172 valence electrons. The fraction of sp³-hybridized carbons (Fsp3) is 0.276. The van der Waals surface area contributed by atoms with Gasteiger partial charge in [-0.15, -0.1) is 0 Å². The second kappa shape index (κ2) is 12.6. The largest absolute Gasteiger partial charge is 0.492 e. The number of nitrogens with zero attached hydrogens (tertiary/aromatic N) is 1. The lowest BCUT2D eigenvalue weighted by molar-refractivity contribution is -0.147. The van der Waals surface area contributed by atoms with Gasteiger partial charge in [0.25, 0.3) is 0 Å². The van der Waals surface area contributed by atoms with Crippen LogP contribution in [-0.2, 0) is 9.53 Å². The molecule has 0 aliphatic heterocycles. The van der Waals surface area contributed by atoms with E-state index in [0.717, 1.165) is 17.7 Å². The lowest BCUT2D eigenvalue weighted by atomic mass is 9.88. The van der Waals surface area contributed by atoms with Crippen molar-refractivity contribution in [3.8, 4) is 5.75 Å². The number of benzene rings is 3. The van der Waals surface area contributed by atoms with Crippen LogP contribution in [0.15, 0.2) is 84.9 Å². The van der Waals surface area contributed by atoms with Crippen LogP contribution in [0.5, 0.6) is 5.75 Å². The predicted molar refractivity (Wildman–Crippen MR) is 135 cm³/mol. The molecule has 0 atom stereocenters. The third-order valence-electron chi connectivity index (χ3n) is 5.46. The minimum atomic E-state index is -0.192. The molecule has 4 heteroatoms. The van der Waals surface area contributed by atoms with Crippen molar-refractivity contribution >= 4 is 17.1 Å². The highest BCUT2D eigenvalue weighted by Gasteiger charge is 2.13. The van der Waals surface area contributed by atoms with E-state index in [1.807, 2.05) is 30.1 Å².